The van der Waals surface area contributed by atoms with Crippen molar-refractivity contribution in [3.8, 4) is 0 Å². The molecule has 3 nitrogen and oxygen atoms in total. The van der Waals surface area contributed by atoms with E-state index < -0.39 is 0 Å². The minimum atomic E-state index is 0.196. The van der Waals surface area contributed by atoms with Gasteiger partial charge in [-0.25, -0.2) is 4.98 Å². The van der Waals surface area contributed by atoms with Gasteiger partial charge in [0.1, 0.15) is 5.82 Å². The fourth-order valence-electron chi connectivity index (χ4n) is 1.75. The van der Waals surface area contributed by atoms with Gasteiger partial charge in [0.15, 0.2) is 0 Å². The molecule has 2 N–H and O–H groups in total. The topological polar surface area (TPSA) is 48.9 Å². The quantitative estimate of drug-likeness (QED) is 0.800. The van der Waals surface area contributed by atoms with Crippen LogP contribution in [0.15, 0.2) is 18.2 Å². The lowest BCUT2D eigenvalue weighted by Crippen LogP contribution is -1.89. The van der Waals surface area contributed by atoms with E-state index in [1.165, 1.54) is 0 Å². The molecule has 0 atom stereocenters. The highest BCUT2D eigenvalue weighted by molar-refractivity contribution is 5.75. The predicted octanol–water partition coefficient (Wildman–Crippen LogP) is 2.05. The lowest BCUT2D eigenvalue weighted by atomic mass is 10.1. The zero-order valence-electron chi connectivity index (χ0n) is 8.95. The third-order valence-electron chi connectivity index (χ3n) is 2.48. The third kappa shape index (κ3) is 2.18. The summed E-state index contributed by atoms with van der Waals surface area (Å²) in [5.41, 5.74) is 3.24. The van der Waals surface area contributed by atoms with E-state index >= 15 is 0 Å². The van der Waals surface area contributed by atoms with Gasteiger partial charge in [0.05, 0.1) is 11.0 Å². The zero-order chi connectivity index (χ0) is 10.7. The summed E-state index contributed by atoms with van der Waals surface area (Å²) in [6, 6.07) is 6.10. The van der Waals surface area contributed by atoms with Crippen molar-refractivity contribution in [2.24, 2.45) is 0 Å². The van der Waals surface area contributed by atoms with E-state index in [0.717, 1.165) is 35.3 Å². The van der Waals surface area contributed by atoms with Crippen molar-refractivity contribution in [2.75, 3.05) is 6.61 Å². The maximum absolute atomic E-state index is 8.86. The number of hydrogen-bond donors (Lipinski definition) is 2. The van der Waals surface area contributed by atoms with Crippen LogP contribution in [0.3, 0.4) is 0 Å². The fourth-order valence-corrected chi connectivity index (χ4v) is 1.75. The van der Waals surface area contributed by atoms with Crippen LogP contribution in [0.1, 0.15) is 24.7 Å². The standard InChI is InChI=1S/C12H16N2O/c1-2-3-12-13-10-5-4-9(6-7-15)8-11(10)14-12/h4-5,8,15H,2-3,6-7H2,1H3,(H,13,14). The van der Waals surface area contributed by atoms with Crippen LogP contribution >= 0.6 is 0 Å². The van der Waals surface area contributed by atoms with Crippen LogP contribution in [0.2, 0.25) is 0 Å². The molecule has 0 aliphatic heterocycles. The second-order valence-corrected chi connectivity index (χ2v) is 3.76. The van der Waals surface area contributed by atoms with Crippen molar-refractivity contribution >= 4 is 11.0 Å². The van der Waals surface area contributed by atoms with Gasteiger partial charge >= 0.3 is 0 Å². The number of aliphatic hydroxyl groups excluding tert-OH is 1. The molecular formula is C12H16N2O. The lowest BCUT2D eigenvalue weighted by Gasteiger charge is -1.96. The molecule has 0 radical (unpaired) electrons. The summed E-state index contributed by atoms with van der Waals surface area (Å²) in [5.74, 6) is 1.05. The summed E-state index contributed by atoms with van der Waals surface area (Å²) < 4.78 is 0. The van der Waals surface area contributed by atoms with Crippen LogP contribution in [0, 0.1) is 0 Å². The molecule has 0 aliphatic carbocycles. The number of aromatic nitrogens is 2. The number of imidazole rings is 1. The first-order chi connectivity index (χ1) is 7.33. The summed E-state index contributed by atoms with van der Waals surface area (Å²) in [6.45, 7) is 2.34. The molecule has 1 heterocycles. The number of fused-ring (bicyclic) bond motifs is 1. The Bertz CT molecular complexity index is 444. The fraction of sp³-hybridized carbons (Fsp3) is 0.417. The number of hydrogen-bond acceptors (Lipinski definition) is 2. The minimum absolute atomic E-state index is 0.196. The Kier molecular flexibility index (Phi) is 3.02. The molecule has 0 fully saturated rings. The highest BCUT2D eigenvalue weighted by Crippen LogP contribution is 2.14. The van der Waals surface area contributed by atoms with E-state index in [1.807, 2.05) is 12.1 Å². The van der Waals surface area contributed by atoms with Crippen LogP contribution < -0.4 is 0 Å². The summed E-state index contributed by atoms with van der Waals surface area (Å²) in [6.07, 6.45) is 2.80. The molecule has 0 unspecified atom stereocenters. The highest BCUT2D eigenvalue weighted by atomic mass is 16.2. The van der Waals surface area contributed by atoms with E-state index in [2.05, 4.69) is 23.0 Å². The van der Waals surface area contributed by atoms with Gasteiger partial charge in [0.2, 0.25) is 0 Å². The number of aryl methyl sites for hydroxylation is 1. The van der Waals surface area contributed by atoms with Crippen LogP contribution in [-0.4, -0.2) is 21.7 Å². The van der Waals surface area contributed by atoms with E-state index in [9.17, 15) is 0 Å². The first kappa shape index (κ1) is 10.2. The molecule has 1 aromatic carbocycles. The van der Waals surface area contributed by atoms with E-state index in [4.69, 9.17) is 5.11 Å². The van der Waals surface area contributed by atoms with Crippen molar-refractivity contribution in [1.82, 2.24) is 9.97 Å². The van der Waals surface area contributed by atoms with Crippen molar-refractivity contribution in [1.29, 1.82) is 0 Å². The van der Waals surface area contributed by atoms with Gasteiger partial charge in [0, 0.05) is 13.0 Å². The monoisotopic (exact) mass is 204 g/mol. The van der Waals surface area contributed by atoms with E-state index in [1.54, 1.807) is 0 Å². The van der Waals surface area contributed by atoms with Gasteiger partial charge in [-0.2, -0.15) is 0 Å². The molecule has 80 valence electrons. The zero-order valence-corrected chi connectivity index (χ0v) is 8.95. The number of benzene rings is 1. The molecule has 0 saturated heterocycles. The Balaban J connectivity index is 2.34. The SMILES string of the molecule is CCCc1nc2ccc(CCO)cc2[nH]1. The minimum Gasteiger partial charge on any atom is -0.396 e. The predicted molar refractivity (Wildman–Crippen MR) is 60.9 cm³/mol. The average Bonchev–Trinajstić information content (AvgIpc) is 2.60. The molecule has 2 aromatic rings. The number of rotatable bonds is 4. The maximum atomic E-state index is 8.86. The Labute approximate surface area is 89.2 Å². The van der Waals surface area contributed by atoms with Gasteiger partial charge < -0.3 is 10.1 Å². The largest absolute Gasteiger partial charge is 0.396 e. The van der Waals surface area contributed by atoms with Gasteiger partial charge in [-0.3, -0.25) is 0 Å². The summed E-state index contributed by atoms with van der Waals surface area (Å²) >= 11 is 0. The molecule has 0 bridgehead atoms. The van der Waals surface area contributed by atoms with Crippen LogP contribution in [-0.2, 0) is 12.8 Å². The van der Waals surface area contributed by atoms with Gasteiger partial charge in [0.25, 0.3) is 0 Å². The first-order valence-corrected chi connectivity index (χ1v) is 5.42. The van der Waals surface area contributed by atoms with E-state index in [0.29, 0.717) is 6.42 Å². The Morgan fingerprint density at radius 1 is 1.33 bits per heavy atom. The Morgan fingerprint density at radius 3 is 2.93 bits per heavy atom. The maximum Gasteiger partial charge on any atom is 0.107 e. The number of aromatic amines is 1. The Hall–Kier alpha value is -1.35. The molecular weight excluding hydrogens is 188 g/mol. The second-order valence-electron chi connectivity index (χ2n) is 3.76. The number of H-pyrrole nitrogens is 1. The van der Waals surface area contributed by atoms with Crippen LogP contribution in [0.25, 0.3) is 11.0 Å². The molecule has 3 heteroatoms. The third-order valence-corrected chi connectivity index (χ3v) is 2.48. The number of nitrogens with zero attached hydrogens (tertiary/aromatic N) is 1. The lowest BCUT2D eigenvalue weighted by molar-refractivity contribution is 0.299. The van der Waals surface area contributed by atoms with Gasteiger partial charge in [-0.1, -0.05) is 13.0 Å². The van der Waals surface area contributed by atoms with Gasteiger partial charge in [-0.15, -0.1) is 0 Å². The molecule has 0 spiro atoms. The van der Waals surface area contributed by atoms with Crippen LogP contribution in [0.4, 0.5) is 0 Å². The first-order valence-electron chi connectivity index (χ1n) is 5.42. The number of aliphatic hydroxyl groups is 1. The smallest absolute Gasteiger partial charge is 0.107 e. The highest BCUT2D eigenvalue weighted by Gasteiger charge is 2.02. The average molecular weight is 204 g/mol. The molecule has 2 rings (SSSR count). The molecule has 0 amide bonds. The summed E-state index contributed by atoms with van der Waals surface area (Å²) in [7, 11) is 0. The van der Waals surface area contributed by atoms with Crippen molar-refractivity contribution in [2.45, 2.75) is 26.2 Å². The van der Waals surface area contributed by atoms with Crippen LogP contribution in [0.5, 0.6) is 0 Å². The molecule has 1 aromatic heterocycles. The Morgan fingerprint density at radius 2 is 2.20 bits per heavy atom. The second kappa shape index (κ2) is 4.45. The van der Waals surface area contributed by atoms with Crippen molar-refractivity contribution < 1.29 is 5.11 Å². The summed E-state index contributed by atoms with van der Waals surface area (Å²) in [5, 5.41) is 8.86. The van der Waals surface area contributed by atoms with E-state index in [-0.39, 0.29) is 6.61 Å². The molecule has 0 aliphatic rings. The molecule has 15 heavy (non-hydrogen) atoms. The van der Waals surface area contributed by atoms with Crippen molar-refractivity contribution in [3.05, 3.63) is 29.6 Å². The van der Waals surface area contributed by atoms with Crippen molar-refractivity contribution in [3.63, 3.8) is 0 Å². The normalized spacial score (nSPS) is 11.1. The van der Waals surface area contributed by atoms with Gasteiger partial charge in [-0.05, 0) is 30.5 Å². The summed E-state index contributed by atoms with van der Waals surface area (Å²) in [4.78, 5) is 7.79. The molecule has 0 saturated carbocycles. The number of nitrogens with one attached hydrogen (secondary N) is 1.